The first-order valence-corrected chi connectivity index (χ1v) is 5.40. The zero-order chi connectivity index (χ0) is 11.7. The Morgan fingerprint density at radius 2 is 2.19 bits per heavy atom. The Bertz CT molecular complexity index is 549. The van der Waals surface area contributed by atoms with Crippen molar-refractivity contribution in [2.75, 3.05) is 0 Å². The van der Waals surface area contributed by atoms with E-state index in [1.54, 1.807) is 42.2 Å². The molecular formula is C11H9BrN2O2. The van der Waals surface area contributed by atoms with Gasteiger partial charge in [-0.25, -0.2) is 4.79 Å². The first-order chi connectivity index (χ1) is 7.58. The lowest BCUT2D eigenvalue weighted by molar-refractivity contribution is 0.0697. The maximum atomic E-state index is 11.1. The van der Waals surface area contributed by atoms with Gasteiger partial charge in [0, 0.05) is 23.3 Å². The quantitative estimate of drug-likeness (QED) is 0.920. The van der Waals surface area contributed by atoms with Crippen molar-refractivity contribution in [1.29, 1.82) is 0 Å². The van der Waals surface area contributed by atoms with E-state index in [2.05, 4.69) is 21.0 Å². The average molecular weight is 281 g/mol. The van der Waals surface area contributed by atoms with E-state index >= 15 is 0 Å². The molecular weight excluding hydrogens is 272 g/mol. The van der Waals surface area contributed by atoms with Crippen LogP contribution in [0.25, 0.3) is 11.3 Å². The van der Waals surface area contributed by atoms with E-state index < -0.39 is 5.97 Å². The van der Waals surface area contributed by atoms with Crippen LogP contribution in [0.3, 0.4) is 0 Å². The number of carboxylic acid groups (broad SMARTS) is 1. The molecule has 1 aromatic carbocycles. The maximum Gasteiger partial charge on any atom is 0.336 e. The zero-order valence-electron chi connectivity index (χ0n) is 8.51. The molecule has 0 radical (unpaired) electrons. The van der Waals surface area contributed by atoms with E-state index in [0.717, 1.165) is 4.47 Å². The van der Waals surface area contributed by atoms with E-state index in [-0.39, 0.29) is 5.56 Å². The lowest BCUT2D eigenvalue weighted by Gasteiger charge is -2.03. The number of hydrogen-bond donors (Lipinski definition) is 1. The molecule has 0 fully saturated rings. The summed E-state index contributed by atoms with van der Waals surface area (Å²) in [7, 11) is 1.79. The molecule has 0 amide bonds. The molecule has 16 heavy (non-hydrogen) atoms. The largest absolute Gasteiger partial charge is 0.478 e. The van der Waals surface area contributed by atoms with Crippen LogP contribution in [-0.4, -0.2) is 20.9 Å². The summed E-state index contributed by atoms with van der Waals surface area (Å²) in [5.74, 6) is -0.957. The molecule has 82 valence electrons. The van der Waals surface area contributed by atoms with Crippen molar-refractivity contribution in [3.05, 3.63) is 40.5 Å². The SMILES string of the molecule is Cn1ccc(-c2ccc(Br)cc2C(=O)O)n1. The summed E-state index contributed by atoms with van der Waals surface area (Å²) >= 11 is 3.25. The van der Waals surface area contributed by atoms with Crippen LogP contribution in [0.15, 0.2) is 34.9 Å². The molecule has 0 bridgehead atoms. The third-order valence-electron chi connectivity index (χ3n) is 2.20. The van der Waals surface area contributed by atoms with Gasteiger partial charge >= 0.3 is 5.97 Å². The number of aromatic nitrogens is 2. The molecule has 0 saturated heterocycles. The monoisotopic (exact) mass is 280 g/mol. The maximum absolute atomic E-state index is 11.1. The molecule has 0 atom stereocenters. The number of benzene rings is 1. The average Bonchev–Trinajstić information content (AvgIpc) is 2.64. The van der Waals surface area contributed by atoms with Crippen LogP contribution in [0.4, 0.5) is 0 Å². The number of nitrogens with zero attached hydrogens (tertiary/aromatic N) is 2. The Morgan fingerprint density at radius 3 is 2.75 bits per heavy atom. The van der Waals surface area contributed by atoms with E-state index in [0.29, 0.717) is 11.3 Å². The molecule has 0 aliphatic heterocycles. The van der Waals surface area contributed by atoms with E-state index in [4.69, 9.17) is 5.11 Å². The van der Waals surface area contributed by atoms with Gasteiger partial charge in [-0.15, -0.1) is 0 Å². The number of carboxylic acids is 1. The van der Waals surface area contributed by atoms with Gasteiger partial charge in [-0.1, -0.05) is 22.0 Å². The fraction of sp³-hybridized carbons (Fsp3) is 0.0909. The summed E-state index contributed by atoms with van der Waals surface area (Å²) in [6, 6.07) is 6.91. The van der Waals surface area contributed by atoms with Crippen molar-refractivity contribution in [2.24, 2.45) is 7.05 Å². The highest BCUT2D eigenvalue weighted by molar-refractivity contribution is 9.10. The van der Waals surface area contributed by atoms with Crippen LogP contribution in [0.1, 0.15) is 10.4 Å². The van der Waals surface area contributed by atoms with E-state index in [9.17, 15) is 4.79 Å². The highest BCUT2D eigenvalue weighted by atomic mass is 79.9. The van der Waals surface area contributed by atoms with E-state index in [1.807, 2.05) is 0 Å². The first kappa shape index (κ1) is 10.9. The normalized spacial score (nSPS) is 10.4. The minimum Gasteiger partial charge on any atom is -0.478 e. The number of hydrogen-bond acceptors (Lipinski definition) is 2. The highest BCUT2D eigenvalue weighted by Gasteiger charge is 2.13. The number of rotatable bonds is 2. The number of aryl methyl sites for hydroxylation is 1. The number of halogens is 1. The Balaban J connectivity index is 2.60. The minimum atomic E-state index is -0.957. The van der Waals surface area contributed by atoms with Crippen LogP contribution in [-0.2, 0) is 7.05 Å². The van der Waals surface area contributed by atoms with Crippen molar-refractivity contribution in [3.8, 4) is 11.3 Å². The first-order valence-electron chi connectivity index (χ1n) is 4.61. The van der Waals surface area contributed by atoms with Gasteiger partial charge in [0.25, 0.3) is 0 Å². The van der Waals surface area contributed by atoms with Crippen LogP contribution in [0.5, 0.6) is 0 Å². The third kappa shape index (κ3) is 1.99. The van der Waals surface area contributed by atoms with Crippen LogP contribution < -0.4 is 0 Å². The Labute approximate surface area is 101 Å². The predicted molar refractivity (Wildman–Crippen MR) is 63.3 cm³/mol. The van der Waals surface area contributed by atoms with Gasteiger partial charge in [-0.2, -0.15) is 5.10 Å². The predicted octanol–water partition coefficient (Wildman–Crippen LogP) is 2.55. The molecule has 0 aliphatic rings. The van der Waals surface area contributed by atoms with Gasteiger partial charge in [0.05, 0.1) is 11.3 Å². The topological polar surface area (TPSA) is 55.1 Å². The van der Waals surface area contributed by atoms with Gasteiger partial charge in [0.1, 0.15) is 0 Å². The summed E-state index contributed by atoms with van der Waals surface area (Å²) in [5.41, 5.74) is 1.52. The number of aromatic carboxylic acids is 1. The third-order valence-corrected chi connectivity index (χ3v) is 2.69. The fourth-order valence-electron chi connectivity index (χ4n) is 1.48. The van der Waals surface area contributed by atoms with Gasteiger partial charge < -0.3 is 5.11 Å². The molecule has 0 saturated carbocycles. The van der Waals surface area contributed by atoms with E-state index in [1.165, 1.54) is 0 Å². The molecule has 5 heteroatoms. The summed E-state index contributed by atoms with van der Waals surface area (Å²) in [5, 5.41) is 13.3. The van der Waals surface area contributed by atoms with Gasteiger partial charge in [0.15, 0.2) is 0 Å². The van der Waals surface area contributed by atoms with Gasteiger partial charge in [-0.05, 0) is 18.2 Å². The lowest BCUT2D eigenvalue weighted by Crippen LogP contribution is -2.00. The van der Waals surface area contributed by atoms with Gasteiger partial charge in [-0.3, -0.25) is 4.68 Å². The van der Waals surface area contributed by atoms with Crippen molar-refractivity contribution < 1.29 is 9.90 Å². The summed E-state index contributed by atoms with van der Waals surface area (Å²) in [6.45, 7) is 0. The second-order valence-corrected chi connectivity index (χ2v) is 4.29. The molecule has 0 unspecified atom stereocenters. The Kier molecular flexibility index (Phi) is 2.78. The highest BCUT2D eigenvalue weighted by Crippen LogP contribution is 2.25. The lowest BCUT2D eigenvalue weighted by atomic mass is 10.1. The van der Waals surface area contributed by atoms with Crippen LogP contribution in [0.2, 0.25) is 0 Å². The molecule has 1 N–H and O–H groups in total. The molecule has 1 heterocycles. The molecule has 2 rings (SSSR count). The second kappa shape index (κ2) is 4.09. The molecule has 4 nitrogen and oxygen atoms in total. The summed E-state index contributed by atoms with van der Waals surface area (Å²) in [4.78, 5) is 11.1. The van der Waals surface area contributed by atoms with Crippen molar-refractivity contribution in [1.82, 2.24) is 9.78 Å². The standard InChI is InChI=1S/C11H9BrN2O2/c1-14-5-4-10(13-14)8-3-2-7(12)6-9(8)11(15)16/h2-6H,1H3,(H,15,16). The van der Waals surface area contributed by atoms with Crippen molar-refractivity contribution in [3.63, 3.8) is 0 Å². The summed E-state index contributed by atoms with van der Waals surface area (Å²) in [6.07, 6.45) is 1.78. The summed E-state index contributed by atoms with van der Waals surface area (Å²) < 4.78 is 2.38. The fourth-order valence-corrected chi connectivity index (χ4v) is 1.84. The van der Waals surface area contributed by atoms with Crippen LogP contribution >= 0.6 is 15.9 Å². The zero-order valence-corrected chi connectivity index (χ0v) is 10.1. The smallest absolute Gasteiger partial charge is 0.336 e. The number of carbonyl (C=O) groups is 1. The molecule has 0 aliphatic carbocycles. The molecule has 1 aromatic heterocycles. The Hall–Kier alpha value is -1.62. The Morgan fingerprint density at radius 1 is 1.44 bits per heavy atom. The second-order valence-electron chi connectivity index (χ2n) is 3.37. The van der Waals surface area contributed by atoms with Crippen LogP contribution in [0, 0.1) is 0 Å². The van der Waals surface area contributed by atoms with Crippen molar-refractivity contribution in [2.45, 2.75) is 0 Å². The molecule has 2 aromatic rings. The van der Waals surface area contributed by atoms with Crippen molar-refractivity contribution >= 4 is 21.9 Å². The molecule has 0 spiro atoms. The minimum absolute atomic E-state index is 0.244. The van der Waals surface area contributed by atoms with Gasteiger partial charge in [0.2, 0.25) is 0 Å².